The van der Waals surface area contributed by atoms with Gasteiger partial charge in [0.15, 0.2) is 5.17 Å². The van der Waals surface area contributed by atoms with Gasteiger partial charge in [0.1, 0.15) is 0 Å². The summed E-state index contributed by atoms with van der Waals surface area (Å²) in [4.78, 5) is 19.5. The highest BCUT2D eigenvalue weighted by molar-refractivity contribution is 8.18. The van der Waals surface area contributed by atoms with Gasteiger partial charge in [-0.15, -0.1) is 0 Å². The number of halogens is 1. The molecule has 0 aromatic heterocycles. The van der Waals surface area contributed by atoms with E-state index in [0.29, 0.717) is 20.8 Å². The molecule has 2 aromatic rings. The molecule has 1 heterocycles. The second kappa shape index (κ2) is 8.43. The maximum atomic E-state index is 12.2. The van der Waals surface area contributed by atoms with E-state index in [4.69, 9.17) is 11.6 Å². The van der Waals surface area contributed by atoms with Gasteiger partial charge in [-0.3, -0.25) is 4.79 Å². The number of carbonyl (C=O) groups is 1. The molecule has 0 aliphatic carbocycles. The lowest BCUT2D eigenvalue weighted by atomic mass is 10.2. The van der Waals surface area contributed by atoms with Crippen molar-refractivity contribution in [1.29, 1.82) is 0 Å². The van der Waals surface area contributed by atoms with E-state index < -0.39 is 0 Å². The first kappa shape index (κ1) is 18.5. The van der Waals surface area contributed by atoms with Gasteiger partial charge in [-0.25, -0.2) is 4.99 Å². The molecule has 2 aromatic carbocycles. The third kappa shape index (κ3) is 4.48. The summed E-state index contributed by atoms with van der Waals surface area (Å²) < 4.78 is 0. The van der Waals surface area contributed by atoms with Crippen LogP contribution in [-0.2, 0) is 4.79 Å². The zero-order valence-electron chi connectivity index (χ0n) is 14.7. The quantitative estimate of drug-likeness (QED) is 0.730. The molecule has 134 valence electrons. The van der Waals surface area contributed by atoms with Crippen LogP contribution in [0.5, 0.6) is 0 Å². The summed E-state index contributed by atoms with van der Waals surface area (Å²) in [7, 11) is 0. The lowest BCUT2D eigenvalue weighted by Crippen LogP contribution is -2.21. The number of thioether (sulfide) groups is 1. The standard InChI is InChI=1S/C20H20ClN3OS/c1-3-24(4-2)17-10-8-14(9-11-17)12-18-19(25)23-20(26-18)22-16-7-5-6-15(21)13-16/h5-13H,3-4H2,1-2H3,(H,22,23,25)/b18-12+. The molecule has 4 nitrogen and oxygen atoms in total. The van der Waals surface area contributed by atoms with E-state index in [1.165, 1.54) is 17.4 Å². The number of anilines is 1. The molecule has 1 saturated heterocycles. The van der Waals surface area contributed by atoms with Gasteiger partial charge < -0.3 is 10.2 Å². The lowest BCUT2D eigenvalue weighted by Gasteiger charge is -2.20. The third-order valence-corrected chi connectivity index (χ3v) is 5.15. The van der Waals surface area contributed by atoms with Crippen molar-refractivity contribution in [1.82, 2.24) is 5.32 Å². The molecule has 0 saturated carbocycles. The van der Waals surface area contributed by atoms with Crippen LogP contribution in [0.4, 0.5) is 11.4 Å². The zero-order chi connectivity index (χ0) is 18.5. The molecule has 0 unspecified atom stereocenters. The van der Waals surface area contributed by atoms with Crippen molar-refractivity contribution < 1.29 is 4.79 Å². The molecular weight excluding hydrogens is 366 g/mol. The lowest BCUT2D eigenvalue weighted by molar-refractivity contribution is -0.115. The fourth-order valence-electron chi connectivity index (χ4n) is 2.66. The number of nitrogens with one attached hydrogen (secondary N) is 1. The van der Waals surface area contributed by atoms with Crippen LogP contribution in [0, 0.1) is 0 Å². The van der Waals surface area contributed by atoms with Crippen molar-refractivity contribution in [3.05, 3.63) is 64.0 Å². The minimum atomic E-state index is -0.136. The van der Waals surface area contributed by atoms with Crippen molar-refractivity contribution in [2.45, 2.75) is 13.8 Å². The normalized spacial score (nSPS) is 17.0. The number of amidine groups is 1. The molecule has 6 heteroatoms. The summed E-state index contributed by atoms with van der Waals surface area (Å²) in [5, 5.41) is 3.97. The molecule has 0 spiro atoms. The smallest absolute Gasteiger partial charge is 0.264 e. The Hall–Kier alpha value is -2.24. The Morgan fingerprint density at radius 2 is 1.88 bits per heavy atom. The van der Waals surface area contributed by atoms with Crippen molar-refractivity contribution in [3.8, 4) is 0 Å². The molecule has 0 atom stereocenters. The van der Waals surface area contributed by atoms with Crippen LogP contribution in [0.1, 0.15) is 19.4 Å². The molecule has 26 heavy (non-hydrogen) atoms. The highest BCUT2D eigenvalue weighted by Gasteiger charge is 2.23. The highest BCUT2D eigenvalue weighted by atomic mass is 35.5. The van der Waals surface area contributed by atoms with E-state index in [-0.39, 0.29) is 5.91 Å². The SMILES string of the molecule is CCN(CC)c1ccc(/C=C2/SC(=Nc3cccc(Cl)c3)NC2=O)cc1. The first-order valence-electron chi connectivity index (χ1n) is 8.49. The summed E-state index contributed by atoms with van der Waals surface area (Å²) in [6, 6.07) is 15.4. The number of aliphatic imine (C=N–C) groups is 1. The van der Waals surface area contributed by atoms with Crippen molar-refractivity contribution >= 4 is 51.9 Å². The molecule has 1 fully saturated rings. The molecule has 1 amide bonds. The van der Waals surface area contributed by atoms with Gasteiger partial charge in [0, 0.05) is 23.8 Å². The van der Waals surface area contributed by atoms with Crippen LogP contribution < -0.4 is 10.2 Å². The average Bonchev–Trinajstić information content (AvgIpc) is 2.96. The Morgan fingerprint density at radius 3 is 2.54 bits per heavy atom. The highest BCUT2D eigenvalue weighted by Crippen LogP contribution is 2.29. The van der Waals surface area contributed by atoms with E-state index in [1.807, 2.05) is 30.3 Å². The van der Waals surface area contributed by atoms with Crippen LogP contribution in [0.15, 0.2) is 58.4 Å². The summed E-state index contributed by atoms with van der Waals surface area (Å²) in [5.41, 5.74) is 2.89. The Kier molecular flexibility index (Phi) is 6.01. The van der Waals surface area contributed by atoms with Gasteiger partial charge in [-0.05, 0) is 67.6 Å². The monoisotopic (exact) mass is 385 g/mol. The number of hydrogen-bond donors (Lipinski definition) is 1. The van der Waals surface area contributed by atoms with E-state index in [2.05, 4.69) is 41.2 Å². The van der Waals surface area contributed by atoms with E-state index in [0.717, 1.165) is 18.7 Å². The van der Waals surface area contributed by atoms with Gasteiger partial charge in [-0.1, -0.05) is 29.8 Å². The molecule has 0 radical (unpaired) electrons. The maximum Gasteiger partial charge on any atom is 0.264 e. The van der Waals surface area contributed by atoms with E-state index in [9.17, 15) is 4.79 Å². The molecular formula is C20H20ClN3OS. The second-order valence-corrected chi connectivity index (χ2v) is 7.19. The predicted molar refractivity (Wildman–Crippen MR) is 112 cm³/mol. The van der Waals surface area contributed by atoms with E-state index >= 15 is 0 Å². The van der Waals surface area contributed by atoms with Crippen molar-refractivity contribution in [2.24, 2.45) is 4.99 Å². The van der Waals surface area contributed by atoms with Crippen LogP contribution in [0.25, 0.3) is 6.08 Å². The fraction of sp³-hybridized carbons (Fsp3) is 0.200. The largest absolute Gasteiger partial charge is 0.372 e. The van der Waals surface area contributed by atoms with Crippen LogP contribution >= 0.6 is 23.4 Å². The van der Waals surface area contributed by atoms with Crippen molar-refractivity contribution in [3.63, 3.8) is 0 Å². The minimum Gasteiger partial charge on any atom is -0.372 e. The first-order chi connectivity index (χ1) is 12.6. The minimum absolute atomic E-state index is 0.136. The third-order valence-electron chi connectivity index (χ3n) is 4.01. The van der Waals surface area contributed by atoms with Gasteiger partial charge in [0.2, 0.25) is 0 Å². The van der Waals surface area contributed by atoms with Crippen molar-refractivity contribution in [2.75, 3.05) is 18.0 Å². The Labute approximate surface area is 163 Å². The summed E-state index contributed by atoms with van der Waals surface area (Å²) in [6.07, 6.45) is 1.88. The first-order valence-corrected chi connectivity index (χ1v) is 9.68. The number of amides is 1. The Balaban J connectivity index is 1.76. The number of hydrogen-bond acceptors (Lipinski definition) is 4. The Morgan fingerprint density at radius 1 is 1.15 bits per heavy atom. The van der Waals surface area contributed by atoms with Crippen LogP contribution in [0.3, 0.4) is 0 Å². The summed E-state index contributed by atoms with van der Waals surface area (Å²) in [5.74, 6) is -0.136. The van der Waals surface area contributed by atoms with Gasteiger partial charge >= 0.3 is 0 Å². The number of carbonyl (C=O) groups excluding carboxylic acids is 1. The molecule has 1 N–H and O–H groups in total. The molecule has 1 aliphatic rings. The number of benzene rings is 2. The summed E-state index contributed by atoms with van der Waals surface area (Å²) in [6.45, 7) is 6.22. The van der Waals surface area contributed by atoms with Gasteiger partial charge in [0.05, 0.1) is 10.6 Å². The fourth-order valence-corrected chi connectivity index (χ4v) is 3.69. The number of rotatable bonds is 5. The van der Waals surface area contributed by atoms with Gasteiger partial charge in [-0.2, -0.15) is 0 Å². The number of nitrogens with zero attached hydrogens (tertiary/aromatic N) is 2. The Bertz CT molecular complexity index is 858. The van der Waals surface area contributed by atoms with Crippen LogP contribution in [-0.4, -0.2) is 24.2 Å². The second-order valence-electron chi connectivity index (χ2n) is 5.73. The van der Waals surface area contributed by atoms with E-state index in [1.54, 1.807) is 12.1 Å². The van der Waals surface area contributed by atoms with Crippen LogP contribution in [0.2, 0.25) is 5.02 Å². The maximum absolute atomic E-state index is 12.2. The summed E-state index contributed by atoms with van der Waals surface area (Å²) >= 11 is 7.30. The average molecular weight is 386 g/mol. The predicted octanol–water partition coefficient (Wildman–Crippen LogP) is 5.08. The zero-order valence-corrected chi connectivity index (χ0v) is 16.3. The topological polar surface area (TPSA) is 44.7 Å². The molecule has 3 rings (SSSR count). The van der Waals surface area contributed by atoms with Gasteiger partial charge in [0.25, 0.3) is 5.91 Å². The molecule has 1 aliphatic heterocycles. The molecule has 0 bridgehead atoms.